The van der Waals surface area contributed by atoms with Crippen LogP contribution in [0.15, 0.2) is 12.1 Å². The van der Waals surface area contributed by atoms with Gasteiger partial charge in [0, 0.05) is 12.6 Å². The monoisotopic (exact) mass is 272 g/mol. The molecule has 4 heteroatoms. The number of ether oxygens (including phenoxy) is 1. The lowest BCUT2D eigenvalue weighted by atomic mass is 10.0. The second-order valence-corrected chi connectivity index (χ2v) is 5.67. The third-order valence-electron chi connectivity index (χ3n) is 3.58. The molecule has 0 N–H and O–H groups in total. The van der Waals surface area contributed by atoms with Crippen LogP contribution in [-0.4, -0.2) is 18.1 Å². The molecule has 1 amide bonds. The smallest absolute Gasteiger partial charge is 0.270 e. The third-order valence-corrected chi connectivity index (χ3v) is 3.58. The summed E-state index contributed by atoms with van der Waals surface area (Å²) in [7, 11) is 0. The molecule has 4 nitrogen and oxygen atoms in total. The number of carbonyl (C=O) groups is 1. The number of hydrogen-bond donors (Lipinski definition) is 0. The fourth-order valence-electron chi connectivity index (χ4n) is 2.38. The fraction of sp³-hybridized carbons (Fsp3) is 0.500. The van der Waals surface area contributed by atoms with E-state index in [4.69, 9.17) is 10.00 Å². The van der Waals surface area contributed by atoms with E-state index in [9.17, 15) is 4.79 Å². The number of nitriles is 1. The van der Waals surface area contributed by atoms with Crippen molar-refractivity contribution in [3.05, 3.63) is 23.3 Å². The van der Waals surface area contributed by atoms with Crippen molar-refractivity contribution >= 4 is 11.6 Å². The van der Waals surface area contributed by atoms with E-state index in [2.05, 4.69) is 13.0 Å². The molecule has 0 aromatic heterocycles. The molecule has 0 saturated heterocycles. The third kappa shape index (κ3) is 2.36. The molecule has 1 aliphatic heterocycles. The van der Waals surface area contributed by atoms with Gasteiger partial charge in [-0.05, 0) is 38.8 Å². The summed E-state index contributed by atoms with van der Waals surface area (Å²) in [5, 5.41) is 9.12. The van der Waals surface area contributed by atoms with Crippen LogP contribution in [-0.2, 0) is 4.79 Å². The van der Waals surface area contributed by atoms with Gasteiger partial charge in [-0.15, -0.1) is 0 Å². The van der Waals surface area contributed by atoms with Crippen LogP contribution in [0.4, 0.5) is 5.69 Å². The molecule has 0 unspecified atom stereocenters. The highest BCUT2D eigenvalue weighted by Crippen LogP contribution is 2.39. The van der Waals surface area contributed by atoms with Crippen LogP contribution in [0.1, 0.15) is 44.7 Å². The fourth-order valence-corrected chi connectivity index (χ4v) is 2.38. The first-order valence-corrected chi connectivity index (χ1v) is 6.96. The van der Waals surface area contributed by atoms with E-state index < -0.39 is 5.60 Å². The highest BCUT2D eigenvalue weighted by atomic mass is 16.5. The average Bonchev–Trinajstić information content (AvgIpc) is 2.40. The zero-order chi connectivity index (χ0) is 14.9. The summed E-state index contributed by atoms with van der Waals surface area (Å²) in [5.74, 6) is 0.593. The van der Waals surface area contributed by atoms with E-state index >= 15 is 0 Å². The van der Waals surface area contributed by atoms with E-state index in [1.54, 1.807) is 24.8 Å². The number of amides is 1. The molecule has 0 radical (unpaired) electrons. The van der Waals surface area contributed by atoms with Crippen molar-refractivity contribution in [2.75, 3.05) is 11.4 Å². The van der Waals surface area contributed by atoms with Gasteiger partial charge in [-0.3, -0.25) is 4.79 Å². The molecule has 0 aliphatic carbocycles. The first kappa shape index (κ1) is 14.4. The van der Waals surface area contributed by atoms with E-state index in [1.165, 1.54) is 0 Å². The summed E-state index contributed by atoms with van der Waals surface area (Å²) in [6.45, 7) is 8.19. The number of carbonyl (C=O) groups excluding carboxylic acids is 1. The van der Waals surface area contributed by atoms with Crippen molar-refractivity contribution in [2.24, 2.45) is 0 Å². The predicted molar refractivity (Wildman–Crippen MR) is 77.9 cm³/mol. The van der Waals surface area contributed by atoms with Gasteiger partial charge in [0.05, 0.1) is 17.3 Å². The van der Waals surface area contributed by atoms with Gasteiger partial charge in [-0.25, -0.2) is 0 Å². The van der Waals surface area contributed by atoms with Gasteiger partial charge in [-0.2, -0.15) is 5.26 Å². The Bertz CT molecular complexity index is 585. The normalized spacial score (nSPS) is 16.4. The topological polar surface area (TPSA) is 53.3 Å². The molecule has 0 atom stereocenters. The van der Waals surface area contributed by atoms with E-state index in [1.807, 2.05) is 13.0 Å². The van der Waals surface area contributed by atoms with E-state index in [0.717, 1.165) is 24.1 Å². The number of nitrogens with zero attached hydrogens (tertiary/aromatic N) is 2. The Morgan fingerprint density at radius 2 is 2.10 bits per heavy atom. The summed E-state index contributed by atoms with van der Waals surface area (Å²) >= 11 is 0. The number of hydrogen-bond acceptors (Lipinski definition) is 3. The number of fused-ring (bicyclic) bond motifs is 1. The maximum Gasteiger partial charge on any atom is 0.270 e. The highest BCUT2D eigenvalue weighted by molar-refractivity contribution is 6.02. The number of anilines is 1. The maximum absolute atomic E-state index is 12.5. The standard InChI is InChI=1S/C16H20N2O2/c1-5-6-7-18-13-8-11(2)12(10-17)9-14(13)20-16(3,4)15(18)19/h8-9H,5-7H2,1-4H3. The lowest BCUT2D eigenvalue weighted by Crippen LogP contribution is -2.52. The number of aryl methyl sites for hydroxylation is 1. The Hall–Kier alpha value is -2.02. The summed E-state index contributed by atoms with van der Waals surface area (Å²) in [5.41, 5.74) is 1.34. The van der Waals surface area contributed by atoms with Crippen LogP contribution >= 0.6 is 0 Å². The van der Waals surface area contributed by atoms with Crippen molar-refractivity contribution in [3.63, 3.8) is 0 Å². The van der Waals surface area contributed by atoms with Gasteiger partial charge in [0.25, 0.3) is 5.91 Å². The second-order valence-electron chi connectivity index (χ2n) is 5.67. The first-order valence-electron chi connectivity index (χ1n) is 6.96. The minimum absolute atomic E-state index is 0.0254. The average molecular weight is 272 g/mol. The van der Waals surface area contributed by atoms with E-state index in [-0.39, 0.29) is 5.91 Å². The van der Waals surface area contributed by atoms with E-state index in [0.29, 0.717) is 17.9 Å². The van der Waals surface area contributed by atoms with Gasteiger partial charge in [-0.1, -0.05) is 13.3 Å². The Balaban J connectivity index is 2.52. The molecule has 106 valence electrons. The van der Waals surface area contributed by atoms with Crippen molar-refractivity contribution < 1.29 is 9.53 Å². The molecular formula is C16H20N2O2. The summed E-state index contributed by atoms with van der Waals surface area (Å²) in [6, 6.07) is 5.76. The highest BCUT2D eigenvalue weighted by Gasteiger charge is 2.40. The van der Waals surface area contributed by atoms with Crippen LogP contribution in [0.5, 0.6) is 5.75 Å². The molecular weight excluding hydrogens is 252 g/mol. The second kappa shape index (κ2) is 5.16. The Labute approximate surface area is 120 Å². The molecule has 0 bridgehead atoms. The van der Waals surface area contributed by atoms with Crippen LogP contribution < -0.4 is 9.64 Å². The lowest BCUT2D eigenvalue weighted by Gasteiger charge is -2.39. The maximum atomic E-state index is 12.5. The van der Waals surface area contributed by atoms with Crippen LogP contribution in [0, 0.1) is 18.3 Å². The predicted octanol–water partition coefficient (Wildman–Crippen LogP) is 3.17. The molecule has 1 aromatic carbocycles. The number of benzene rings is 1. The van der Waals surface area contributed by atoms with Crippen molar-refractivity contribution in [3.8, 4) is 11.8 Å². The molecule has 0 spiro atoms. The summed E-state index contributed by atoms with van der Waals surface area (Å²) in [4.78, 5) is 14.3. The summed E-state index contributed by atoms with van der Waals surface area (Å²) < 4.78 is 5.80. The first-order chi connectivity index (χ1) is 9.40. The quantitative estimate of drug-likeness (QED) is 0.849. The molecule has 1 heterocycles. The molecule has 2 rings (SSSR count). The molecule has 1 aliphatic rings. The van der Waals surface area contributed by atoms with Gasteiger partial charge in [0.1, 0.15) is 5.75 Å². The minimum Gasteiger partial charge on any atom is -0.476 e. The zero-order valence-corrected chi connectivity index (χ0v) is 12.5. The van der Waals surface area contributed by atoms with Crippen molar-refractivity contribution in [1.82, 2.24) is 0 Å². The largest absolute Gasteiger partial charge is 0.476 e. The Kier molecular flexibility index (Phi) is 3.71. The lowest BCUT2D eigenvalue weighted by molar-refractivity contribution is -0.132. The van der Waals surface area contributed by atoms with Crippen LogP contribution in [0.2, 0.25) is 0 Å². The zero-order valence-electron chi connectivity index (χ0n) is 12.5. The number of unbranched alkanes of at least 4 members (excludes halogenated alkanes) is 1. The SMILES string of the molecule is CCCCN1C(=O)C(C)(C)Oc2cc(C#N)c(C)cc21. The Morgan fingerprint density at radius 1 is 1.40 bits per heavy atom. The molecule has 1 aromatic rings. The van der Waals surface area contributed by atoms with Crippen LogP contribution in [0.3, 0.4) is 0 Å². The number of rotatable bonds is 3. The van der Waals surface area contributed by atoms with Gasteiger partial charge < -0.3 is 9.64 Å². The van der Waals surface area contributed by atoms with Crippen molar-refractivity contribution in [1.29, 1.82) is 5.26 Å². The van der Waals surface area contributed by atoms with Gasteiger partial charge >= 0.3 is 0 Å². The van der Waals surface area contributed by atoms with Crippen LogP contribution in [0.25, 0.3) is 0 Å². The Morgan fingerprint density at radius 3 is 2.70 bits per heavy atom. The minimum atomic E-state index is -0.886. The van der Waals surface area contributed by atoms with Gasteiger partial charge in [0.15, 0.2) is 5.60 Å². The van der Waals surface area contributed by atoms with Crippen molar-refractivity contribution in [2.45, 2.75) is 46.1 Å². The molecule has 20 heavy (non-hydrogen) atoms. The van der Waals surface area contributed by atoms with Gasteiger partial charge in [0.2, 0.25) is 0 Å². The molecule has 0 saturated carbocycles. The summed E-state index contributed by atoms with van der Waals surface area (Å²) in [6.07, 6.45) is 1.97. The molecule has 0 fully saturated rings.